The highest BCUT2D eigenvalue weighted by Gasteiger charge is 2.33. The minimum Gasteiger partial charge on any atom is -0.343 e. The summed E-state index contributed by atoms with van der Waals surface area (Å²) in [6.07, 6.45) is 1.16. The maximum Gasteiger partial charge on any atom is 0.247 e. The lowest BCUT2D eigenvalue weighted by Gasteiger charge is -2.28. The van der Waals surface area contributed by atoms with E-state index in [1.807, 2.05) is 30.3 Å². The number of amides is 2. The fourth-order valence-electron chi connectivity index (χ4n) is 4.20. The molecule has 6 heteroatoms. The predicted octanol–water partition coefficient (Wildman–Crippen LogP) is 4.18. The Balaban J connectivity index is 1.22. The van der Waals surface area contributed by atoms with E-state index in [-0.39, 0.29) is 17.6 Å². The van der Waals surface area contributed by atoms with Crippen LogP contribution >= 0.6 is 11.8 Å². The maximum absolute atomic E-state index is 13.9. The molecule has 2 aliphatic rings. The Morgan fingerprint density at radius 2 is 1.81 bits per heavy atom. The average molecular weight is 433 g/mol. The number of thioether (sulfide) groups is 1. The molecule has 0 spiro atoms. The molecule has 1 aliphatic carbocycles. The molecule has 1 fully saturated rings. The van der Waals surface area contributed by atoms with Gasteiger partial charge >= 0.3 is 0 Å². The van der Waals surface area contributed by atoms with Crippen LogP contribution in [0.5, 0.6) is 0 Å². The number of halogens is 1. The lowest BCUT2D eigenvalue weighted by atomic mass is 10.1. The van der Waals surface area contributed by atoms with E-state index in [2.05, 4.69) is 22.8 Å². The first-order valence-electron chi connectivity index (χ1n) is 10.3. The lowest BCUT2D eigenvalue weighted by molar-refractivity contribution is -0.126. The highest BCUT2D eigenvalue weighted by atomic mass is 32.2. The highest BCUT2D eigenvalue weighted by molar-refractivity contribution is 8.00. The molecule has 0 bridgehead atoms. The maximum atomic E-state index is 13.9. The van der Waals surface area contributed by atoms with Gasteiger partial charge < -0.3 is 10.6 Å². The third kappa shape index (κ3) is 3.95. The van der Waals surface area contributed by atoms with Gasteiger partial charge in [0.25, 0.3) is 0 Å². The summed E-state index contributed by atoms with van der Waals surface area (Å²) in [6, 6.07) is 20.1. The molecule has 156 valence electrons. The van der Waals surface area contributed by atoms with Gasteiger partial charge in [0, 0.05) is 11.4 Å². The van der Waals surface area contributed by atoms with Crippen LogP contribution in [0.3, 0.4) is 0 Å². The van der Waals surface area contributed by atoms with Crippen molar-refractivity contribution < 1.29 is 14.0 Å². The van der Waals surface area contributed by atoms with Crippen molar-refractivity contribution in [3.8, 4) is 11.1 Å². The molecular formula is C25H21FN2O2S. The number of hydrogen-bond donors (Lipinski definition) is 2. The summed E-state index contributed by atoms with van der Waals surface area (Å²) < 4.78 is 13.9. The molecular weight excluding hydrogens is 411 g/mol. The summed E-state index contributed by atoms with van der Waals surface area (Å²) >= 11 is 1.39. The third-order valence-electron chi connectivity index (χ3n) is 5.81. The van der Waals surface area contributed by atoms with Crippen LogP contribution < -0.4 is 10.6 Å². The molecule has 3 aromatic carbocycles. The zero-order valence-electron chi connectivity index (χ0n) is 16.7. The first kappa shape index (κ1) is 19.8. The molecule has 2 amide bonds. The molecule has 0 radical (unpaired) electrons. The van der Waals surface area contributed by atoms with Gasteiger partial charge in [-0.05, 0) is 58.9 Å². The number of nitrogens with one attached hydrogen (secondary N) is 2. The fourth-order valence-corrected chi connectivity index (χ4v) is 5.38. The van der Waals surface area contributed by atoms with Crippen LogP contribution in [0.15, 0.2) is 66.7 Å². The Hall–Kier alpha value is -3.12. The summed E-state index contributed by atoms with van der Waals surface area (Å²) in [5.41, 5.74) is 6.16. The summed E-state index contributed by atoms with van der Waals surface area (Å²) in [7, 11) is 0. The summed E-state index contributed by atoms with van der Waals surface area (Å²) in [5, 5.41) is 5.33. The number of anilines is 1. The number of hydrogen-bond acceptors (Lipinski definition) is 3. The molecule has 2 atom stereocenters. The van der Waals surface area contributed by atoms with Crippen LogP contribution in [-0.4, -0.2) is 28.9 Å². The van der Waals surface area contributed by atoms with Crippen molar-refractivity contribution >= 4 is 29.3 Å². The number of benzene rings is 3. The Morgan fingerprint density at radius 3 is 2.65 bits per heavy atom. The largest absolute Gasteiger partial charge is 0.343 e. The minimum absolute atomic E-state index is 0.232. The smallest absolute Gasteiger partial charge is 0.247 e. The van der Waals surface area contributed by atoms with Gasteiger partial charge in [0.2, 0.25) is 11.8 Å². The molecule has 31 heavy (non-hydrogen) atoms. The van der Waals surface area contributed by atoms with Crippen molar-refractivity contribution in [1.82, 2.24) is 5.32 Å². The second kappa shape index (κ2) is 8.19. The topological polar surface area (TPSA) is 58.2 Å². The van der Waals surface area contributed by atoms with Crippen LogP contribution in [-0.2, 0) is 22.4 Å². The van der Waals surface area contributed by atoms with Crippen molar-refractivity contribution in [3.05, 3.63) is 89.2 Å². The number of carbonyl (C=O) groups is 2. The van der Waals surface area contributed by atoms with Gasteiger partial charge in [-0.1, -0.05) is 48.5 Å². The molecule has 0 saturated carbocycles. The van der Waals surface area contributed by atoms with Gasteiger partial charge in [-0.15, -0.1) is 11.8 Å². The van der Waals surface area contributed by atoms with Crippen molar-refractivity contribution in [2.75, 3.05) is 11.1 Å². The van der Waals surface area contributed by atoms with Gasteiger partial charge in [-0.2, -0.15) is 0 Å². The van der Waals surface area contributed by atoms with Gasteiger partial charge in [0.05, 0.1) is 5.25 Å². The summed E-state index contributed by atoms with van der Waals surface area (Å²) in [4.78, 5) is 25.3. The molecule has 0 aromatic heterocycles. The van der Waals surface area contributed by atoms with Crippen molar-refractivity contribution in [3.63, 3.8) is 0 Å². The standard InChI is InChI=1S/C25H21FN2O2S/c26-21-8-4-2-6-16(21)13-23-25(30)28-22(14-31-23)24(29)27-18-9-10-20-17(12-18)11-15-5-1-3-7-19(15)20/h1-10,12,22-23H,11,13-14H2,(H,27,29)(H,28,30). The zero-order chi connectivity index (χ0) is 21.4. The Kier molecular flexibility index (Phi) is 5.24. The summed E-state index contributed by atoms with van der Waals surface area (Å²) in [5.74, 6) is -0.327. The van der Waals surface area contributed by atoms with E-state index in [0.717, 1.165) is 12.1 Å². The third-order valence-corrected chi connectivity index (χ3v) is 7.12. The van der Waals surface area contributed by atoms with E-state index in [0.29, 0.717) is 17.7 Å². The van der Waals surface area contributed by atoms with E-state index < -0.39 is 11.3 Å². The van der Waals surface area contributed by atoms with E-state index in [9.17, 15) is 14.0 Å². The molecule has 2 unspecified atom stereocenters. The van der Waals surface area contributed by atoms with E-state index in [1.54, 1.807) is 18.2 Å². The van der Waals surface area contributed by atoms with Crippen molar-refractivity contribution in [2.45, 2.75) is 24.1 Å². The van der Waals surface area contributed by atoms with Crippen LogP contribution in [0.2, 0.25) is 0 Å². The Bertz CT molecular complexity index is 1180. The van der Waals surface area contributed by atoms with Crippen LogP contribution in [0.1, 0.15) is 16.7 Å². The van der Waals surface area contributed by atoms with Gasteiger partial charge in [-0.25, -0.2) is 4.39 Å². The second-order valence-corrected chi connectivity index (χ2v) is 9.11. The number of rotatable bonds is 4. The molecule has 2 N–H and O–H groups in total. The predicted molar refractivity (Wildman–Crippen MR) is 122 cm³/mol. The van der Waals surface area contributed by atoms with Crippen molar-refractivity contribution in [1.29, 1.82) is 0 Å². The molecule has 1 heterocycles. The van der Waals surface area contributed by atoms with E-state index in [1.165, 1.54) is 40.1 Å². The van der Waals surface area contributed by atoms with Gasteiger partial charge in [0.15, 0.2) is 0 Å². The van der Waals surface area contributed by atoms with E-state index >= 15 is 0 Å². The first-order valence-corrected chi connectivity index (χ1v) is 11.3. The number of fused-ring (bicyclic) bond motifs is 3. The number of carbonyl (C=O) groups excluding carboxylic acids is 2. The van der Waals surface area contributed by atoms with Crippen LogP contribution in [0.4, 0.5) is 10.1 Å². The molecule has 1 aliphatic heterocycles. The van der Waals surface area contributed by atoms with Crippen molar-refractivity contribution in [2.24, 2.45) is 0 Å². The molecule has 4 nitrogen and oxygen atoms in total. The lowest BCUT2D eigenvalue weighted by Crippen LogP contribution is -2.52. The summed E-state index contributed by atoms with van der Waals surface area (Å²) in [6.45, 7) is 0. The average Bonchev–Trinajstić information content (AvgIpc) is 3.14. The molecule has 3 aromatic rings. The van der Waals surface area contributed by atoms with E-state index in [4.69, 9.17) is 0 Å². The quantitative estimate of drug-likeness (QED) is 0.509. The van der Waals surface area contributed by atoms with Crippen LogP contribution in [0, 0.1) is 5.82 Å². The second-order valence-electron chi connectivity index (χ2n) is 7.87. The van der Waals surface area contributed by atoms with Gasteiger partial charge in [-0.3, -0.25) is 9.59 Å². The van der Waals surface area contributed by atoms with Crippen LogP contribution in [0.25, 0.3) is 11.1 Å². The normalized spacial score (nSPS) is 19.3. The van der Waals surface area contributed by atoms with Gasteiger partial charge in [0.1, 0.15) is 11.9 Å². The highest BCUT2D eigenvalue weighted by Crippen LogP contribution is 2.37. The molecule has 5 rings (SSSR count). The Morgan fingerprint density at radius 1 is 1.03 bits per heavy atom. The molecule has 1 saturated heterocycles. The Labute approximate surface area is 184 Å². The SMILES string of the molecule is O=C(Nc1ccc2c(c1)Cc1ccccc1-2)C1CSC(Cc2ccccc2F)C(=O)N1. The zero-order valence-corrected chi connectivity index (χ0v) is 17.5. The minimum atomic E-state index is -0.611. The first-order chi connectivity index (χ1) is 15.1. The monoisotopic (exact) mass is 432 g/mol. The fraction of sp³-hybridized carbons (Fsp3) is 0.200.